The van der Waals surface area contributed by atoms with Gasteiger partial charge in [0.15, 0.2) is 0 Å². The molecule has 1 atom stereocenters. The van der Waals surface area contributed by atoms with Gasteiger partial charge < -0.3 is 14.5 Å². The van der Waals surface area contributed by atoms with E-state index in [0.29, 0.717) is 6.04 Å². The van der Waals surface area contributed by atoms with Crippen molar-refractivity contribution in [2.45, 2.75) is 32.2 Å². The first-order valence-corrected chi connectivity index (χ1v) is 6.19. The number of hydrogen-bond donors (Lipinski definition) is 1. The van der Waals surface area contributed by atoms with Gasteiger partial charge in [0, 0.05) is 24.8 Å². The molecule has 1 aliphatic carbocycles. The van der Waals surface area contributed by atoms with Crippen molar-refractivity contribution in [2.75, 3.05) is 19.8 Å². The summed E-state index contributed by atoms with van der Waals surface area (Å²) in [4.78, 5) is 0. The van der Waals surface area contributed by atoms with Gasteiger partial charge in [-0.15, -0.1) is 0 Å². The van der Waals surface area contributed by atoms with Gasteiger partial charge in [-0.3, -0.25) is 0 Å². The van der Waals surface area contributed by atoms with Crippen molar-refractivity contribution in [1.29, 1.82) is 0 Å². The van der Waals surface area contributed by atoms with E-state index in [9.17, 15) is 0 Å². The maximum atomic E-state index is 5.57. The first-order valence-electron chi connectivity index (χ1n) is 6.19. The minimum absolute atomic E-state index is 0.363. The molecule has 0 aromatic carbocycles. The molecule has 1 N–H and O–H groups in total. The third-order valence-corrected chi connectivity index (χ3v) is 3.01. The molecule has 1 fully saturated rings. The fourth-order valence-electron chi connectivity index (χ4n) is 1.67. The molecule has 1 saturated carbocycles. The van der Waals surface area contributed by atoms with Gasteiger partial charge in [0.2, 0.25) is 0 Å². The predicted molar refractivity (Wildman–Crippen MR) is 63.3 cm³/mol. The topological polar surface area (TPSA) is 34.4 Å². The first kappa shape index (κ1) is 11.7. The highest BCUT2D eigenvalue weighted by Crippen LogP contribution is 2.28. The summed E-state index contributed by atoms with van der Waals surface area (Å²) in [5, 5.41) is 3.45. The number of rotatable bonds is 8. The van der Waals surface area contributed by atoms with E-state index >= 15 is 0 Å². The highest BCUT2D eigenvalue weighted by molar-refractivity contribution is 5.09. The van der Waals surface area contributed by atoms with Gasteiger partial charge in [0.05, 0.1) is 12.5 Å². The van der Waals surface area contributed by atoms with Crippen LogP contribution in [0.1, 0.15) is 37.8 Å². The van der Waals surface area contributed by atoms with Crippen LogP contribution in [0.15, 0.2) is 23.0 Å². The van der Waals surface area contributed by atoms with Gasteiger partial charge in [-0.05, 0) is 44.7 Å². The molecule has 2 rings (SSSR count). The van der Waals surface area contributed by atoms with E-state index in [1.807, 2.05) is 6.07 Å². The van der Waals surface area contributed by atoms with Crippen molar-refractivity contribution in [1.82, 2.24) is 5.32 Å². The molecule has 0 radical (unpaired) electrons. The molecule has 1 unspecified atom stereocenters. The van der Waals surface area contributed by atoms with Crippen LogP contribution >= 0.6 is 0 Å². The fourth-order valence-corrected chi connectivity index (χ4v) is 1.67. The Hall–Kier alpha value is -0.800. The molecule has 1 heterocycles. The smallest absolute Gasteiger partial charge is 0.0950 e. The van der Waals surface area contributed by atoms with E-state index in [1.165, 1.54) is 18.4 Å². The molecule has 3 heteroatoms. The lowest BCUT2D eigenvalue weighted by atomic mass is 10.2. The minimum atomic E-state index is 0.363. The summed E-state index contributed by atoms with van der Waals surface area (Å²) >= 11 is 0. The van der Waals surface area contributed by atoms with Gasteiger partial charge in [-0.1, -0.05) is 0 Å². The fraction of sp³-hybridized carbons (Fsp3) is 0.692. The Kier molecular flexibility index (Phi) is 4.43. The molecular formula is C13H21NO2. The van der Waals surface area contributed by atoms with Gasteiger partial charge >= 0.3 is 0 Å². The minimum Gasteiger partial charge on any atom is -0.472 e. The zero-order valence-corrected chi connectivity index (χ0v) is 9.95. The Morgan fingerprint density at radius 3 is 3.12 bits per heavy atom. The van der Waals surface area contributed by atoms with Crippen LogP contribution in [0.2, 0.25) is 0 Å². The van der Waals surface area contributed by atoms with Crippen LogP contribution in [0, 0.1) is 5.92 Å². The van der Waals surface area contributed by atoms with E-state index < -0.39 is 0 Å². The van der Waals surface area contributed by atoms with E-state index in [2.05, 4.69) is 12.2 Å². The largest absolute Gasteiger partial charge is 0.472 e. The third kappa shape index (κ3) is 3.99. The molecule has 0 saturated heterocycles. The molecule has 0 spiro atoms. The van der Waals surface area contributed by atoms with Crippen molar-refractivity contribution < 1.29 is 9.15 Å². The Morgan fingerprint density at radius 1 is 1.56 bits per heavy atom. The Labute approximate surface area is 97.2 Å². The van der Waals surface area contributed by atoms with E-state index in [1.54, 1.807) is 12.5 Å². The molecule has 1 aliphatic rings. The van der Waals surface area contributed by atoms with Crippen LogP contribution in [0.4, 0.5) is 0 Å². The van der Waals surface area contributed by atoms with Gasteiger partial charge in [-0.25, -0.2) is 0 Å². The number of furan rings is 1. The monoisotopic (exact) mass is 223 g/mol. The average Bonchev–Trinajstić information content (AvgIpc) is 2.95. The highest BCUT2D eigenvalue weighted by atomic mass is 16.5. The van der Waals surface area contributed by atoms with Crippen LogP contribution in [0.5, 0.6) is 0 Å². The zero-order valence-electron chi connectivity index (χ0n) is 9.95. The van der Waals surface area contributed by atoms with E-state index in [4.69, 9.17) is 9.15 Å². The molecule has 1 aromatic rings. The summed E-state index contributed by atoms with van der Waals surface area (Å²) in [5.41, 5.74) is 1.21. The number of nitrogens with one attached hydrogen (secondary N) is 1. The summed E-state index contributed by atoms with van der Waals surface area (Å²) in [6.07, 6.45) is 7.33. The van der Waals surface area contributed by atoms with Crippen LogP contribution in [0.3, 0.4) is 0 Å². The van der Waals surface area contributed by atoms with Crippen LogP contribution in [0.25, 0.3) is 0 Å². The lowest BCUT2D eigenvalue weighted by Crippen LogP contribution is -2.20. The first-order chi connectivity index (χ1) is 7.86. The Bertz CT molecular complexity index is 280. The zero-order chi connectivity index (χ0) is 11.2. The lowest BCUT2D eigenvalue weighted by Gasteiger charge is -2.11. The summed E-state index contributed by atoms with van der Waals surface area (Å²) in [7, 11) is 0. The molecule has 1 aromatic heterocycles. The molecule has 90 valence electrons. The second kappa shape index (κ2) is 6.06. The van der Waals surface area contributed by atoms with E-state index in [0.717, 1.165) is 32.1 Å². The molecule has 3 nitrogen and oxygen atoms in total. The maximum absolute atomic E-state index is 5.57. The Morgan fingerprint density at radius 2 is 2.44 bits per heavy atom. The number of ether oxygens (including phenoxy) is 1. The maximum Gasteiger partial charge on any atom is 0.0950 e. The molecular weight excluding hydrogens is 202 g/mol. The van der Waals surface area contributed by atoms with Crippen molar-refractivity contribution >= 4 is 0 Å². The summed E-state index contributed by atoms with van der Waals surface area (Å²) in [5.74, 6) is 0.873. The summed E-state index contributed by atoms with van der Waals surface area (Å²) in [6.45, 7) is 4.99. The second-order valence-corrected chi connectivity index (χ2v) is 4.60. The Balaban J connectivity index is 1.47. The normalized spacial score (nSPS) is 17.6. The second-order valence-electron chi connectivity index (χ2n) is 4.60. The molecule has 16 heavy (non-hydrogen) atoms. The lowest BCUT2D eigenvalue weighted by molar-refractivity contribution is 0.121. The standard InChI is InChI=1S/C13H21NO2/c1-11(13-5-8-16-10-13)14-6-2-7-15-9-12-3-4-12/h5,8,10-12,14H,2-4,6-7,9H2,1H3. The number of hydrogen-bond acceptors (Lipinski definition) is 3. The predicted octanol–water partition coefficient (Wildman–Crippen LogP) is 2.75. The van der Waals surface area contributed by atoms with Crippen molar-refractivity contribution in [3.05, 3.63) is 24.2 Å². The quantitative estimate of drug-likeness (QED) is 0.688. The highest BCUT2D eigenvalue weighted by Gasteiger charge is 2.20. The molecule has 0 amide bonds. The summed E-state index contributed by atoms with van der Waals surface area (Å²) in [6, 6.07) is 2.36. The van der Waals surface area contributed by atoms with Gasteiger partial charge in [0.1, 0.15) is 0 Å². The van der Waals surface area contributed by atoms with E-state index in [-0.39, 0.29) is 0 Å². The molecule has 0 aliphatic heterocycles. The van der Waals surface area contributed by atoms with Gasteiger partial charge in [-0.2, -0.15) is 0 Å². The van der Waals surface area contributed by atoms with Crippen LogP contribution < -0.4 is 5.32 Å². The van der Waals surface area contributed by atoms with Gasteiger partial charge in [0.25, 0.3) is 0 Å². The van der Waals surface area contributed by atoms with Crippen LogP contribution in [-0.2, 0) is 4.74 Å². The SMILES string of the molecule is CC(NCCCOCC1CC1)c1ccoc1. The average molecular weight is 223 g/mol. The van der Waals surface area contributed by atoms with Crippen LogP contribution in [-0.4, -0.2) is 19.8 Å². The summed E-state index contributed by atoms with van der Waals surface area (Å²) < 4.78 is 10.6. The van der Waals surface area contributed by atoms with Crippen molar-refractivity contribution in [3.63, 3.8) is 0 Å². The third-order valence-electron chi connectivity index (χ3n) is 3.01. The molecule has 0 bridgehead atoms. The van der Waals surface area contributed by atoms with Crippen molar-refractivity contribution in [3.8, 4) is 0 Å². The van der Waals surface area contributed by atoms with Crippen molar-refractivity contribution in [2.24, 2.45) is 5.92 Å².